The van der Waals surface area contributed by atoms with E-state index in [1.54, 1.807) is 0 Å². The summed E-state index contributed by atoms with van der Waals surface area (Å²) < 4.78 is 45.3. The molecule has 1 N–H and O–H groups in total. The fourth-order valence-electron chi connectivity index (χ4n) is 2.07. The average Bonchev–Trinajstić information content (AvgIpc) is 3.00. The number of methoxy groups -OCH3 is 1. The van der Waals surface area contributed by atoms with Gasteiger partial charge in [0.1, 0.15) is 0 Å². The number of hydrogen-bond acceptors (Lipinski definition) is 4. The van der Waals surface area contributed by atoms with Crippen molar-refractivity contribution in [2.45, 2.75) is 12.6 Å². The van der Waals surface area contributed by atoms with Crippen molar-refractivity contribution in [2.24, 2.45) is 0 Å². The van der Waals surface area contributed by atoms with Gasteiger partial charge in [0.2, 0.25) is 0 Å². The molecule has 1 aromatic heterocycles. The highest BCUT2D eigenvalue weighted by atomic mass is 35.5. The normalized spacial score (nSPS) is 11.2. The quantitative estimate of drug-likeness (QED) is 0.816. The van der Waals surface area contributed by atoms with Gasteiger partial charge >= 0.3 is 12.1 Å². The van der Waals surface area contributed by atoms with Crippen molar-refractivity contribution in [3.63, 3.8) is 0 Å². The molecule has 1 amide bonds. The Balaban J connectivity index is 2.33. The van der Waals surface area contributed by atoms with Gasteiger partial charge in [-0.1, -0.05) is 17.7 Å². The van der Waals surface area contributed by atoms with Gasteiger partial charge in [-0.25, -0.2) is 4.68 Å². The van der Waals surface area contributed by atoms with E-state index in [-0.39, 0.29) is 23.7 Å². The van der Waals surface area contributed by atoms with Crippen LogP contribution in [0.25, 0.3) is 5.69 Å². The number of aromatic nitrogens is 2. The Labute approximate surface area is 145 Å². The Morgan fingerprint density at radius 1 is 1.36 bits per heavy atom. The van der Waals surface area contributed by atoms with E-state index in [4.69, 9.17) is 11.6 Å². The number of halogens is 4. The van der Waals surface area contributed by atoms with Crippen molar-refractivity contribution < 1.29 is 27.5 Å². The summed E-state index contributed by atoms with van der Waals surface area (Å²) in [6.45, 7) is -0.162. The SMILES string of the molecule is COC(=O)CCNC(=O)c1cnn(-c2cccc(Cl)c2)c1C(F)(F)F. The zero-order valence-corrected chi connectivity index (χ0v) is 13.7. The van der Waals surface area contributed by atoms with Crippen molar-refractivity contribution in [2.75, 3.05) is 13.7 Å². The molecular formula is C15H13ClF3N3O3. The minimum Gasteiger partial charge on any atom is -0.469 e. The highest BCUT2D eigenvalue weighted by molar-refractivity contribution is 6.30. The molecule has 2 rings (SSSR count). The number of hydrogen-bond donors (Lipinski definition) is 1. The van der Waals surface area contributed by atoms with Gasteiger partial charge in [-0.05, 0) is 18.2 Å². The molecule has 0 radical (unpaired) electrons. The first-order chi connectivity index (χ1) is 11.7. The van der Waals surface area contributed by atoms with E-state index >= 15 is 0 Å². The molecule has 0 aliphatic rings. The number of alkyl halides is 3. The predicted molar refractivity (Wildman–Crippen MR) is 82.5 cm³/mol. The number of nitrogens with one attached hydrogen (secondary N) is 1. The maximum absolute atomic E-state index is 13.4. The lowest BCUT2D eigenvalue weighted by molar-refractivity contribution is -0.143. The van der Waals surface area contributed by atoms with E-state index in [0.29, 0.717) is 4.68 Å². The number of benzene rings is 1. The van der Waals surface area contributed by atoms with E-state index < -0.39 is 29.3 Å². The van der Waals surface area contributed by atoms with Crippen molar-refractivity contribution >= 4 is 23.5 Å². The number of nitrogens with zero attached hydrogens (tertiary/aromatic N) is 2. The van der Waals surface area contributed by atoms with Crippen LogP contribution in [0.4, 0.5) is 13.2 Å². The molecule has 0 unspecified atom stereocenters. The second-order valence-electron chi connectivity index (χ2n) is 4.88. The number of carbonyl (C=O) groups excluding carboxylic acids is 2. The summed E-state index contributed by atoms with van der Waals surface area (Å²) in [7, 11) is 1.17. The van der Waals surface area contributed by atoms with Gasteiger partial charge in [0, 0.05) is 11.6 Å². The number of carbonyl (C=O) groups is 2. The van der Waals surface area contributed by atoms with Gasteiger partial charge < -0.3 is 10.1 Å². The molecule has 25 heavy (non-hydrogen) atoms. The lowest BCUT2D eigenvalue weighted by atomic mass is 10.2. The molecule has 2 aromatic rings. The van der Waals surface area contributed by atoms with Crippen LogP contribution in [0.15, 0.2) is 30.5 Å². The van der Waals surface area contributed by atoms with Crippen molar-refractivity contribution in [1.82, 2.24) is 15.1 Å². The van der Waals surface area contributed by atoms with Gasteiger partial charge in [0.05, 0.1) is 31.0 Å². The van der Waals surface area contributed by atoms with Crippen molar-refractivity contribution in [3.05, 3.63) is 46.7 Å². The smallest absolute Gasteiger partial charge is 0.434 e. The molecule has 1 heterocycles. The highest BCUT2D eigenvalue weighted by Gasteiger charge is 2.40. The summed E-state index contributed by atoms with van der Waals surface area (Å²) >= 11 is 5.80. The second-order valence-corrected chi connectivity index (χ2v) is 5.31. The van der Waals surface area contributed by atoms with Crippen LogP contribution in [0.1, 0.15) is 22.5 Å². The third kappa shape index (κ3) is 4.50. The summed E-state index contributed by atoms with van der Waals surface area (Å²) in [5, 5.41) is 6.12. The lowest BCUT2D eigenvalue weighted by Gasteiger charge is -2.13. The molecule has 134 valence electrons. The maximum Gasteiger partial charge on any atom is 0.434 e. The molecule has 0 spiro atoms. The molecule has 10 heteroatoms. The molecule has 0 bridgehead atoms. The second kappa shape index (κ2) is 7.56. The summed E-state index contributed by atoms with van der Waals surface area (Å²) in [5.74, 6) is -1.59. The van der Waals surface area contributed by atoms with Crippen LogP contribution in [0.5, 0.6) is 0 Å². The minimum absolute atomic E-state index is 0.0634. The highest BCUT2D eigenvalue weighted by Crippen LogP contribution is 2.34. The zero-order valence-electron chi connectivity index (χ0n) is 12.9. The third-order valence-corrected chi connectivity index (χ3v) is 3.41. The van der Waals surface area contributed by atoms with E-state index in [0.717, 1.165) is 6.20 Å². The largest absolute Gasteiger partial charge is 0.469 e. The standard InChI is InChI=1S/C15H13ClF3N3O3/c1-25-12(23)5-6-20-14(24)11-8-21-22(13(11)15(17,18)19)10-4-2-3-9(16)7-10/h2-4,7-8H,5-6H2,1H3,(H,20,24). The zero-order chi connectivity index (χ0) is 18.6. The lowest BCUT2D eigenvalue weighted by Crippen LogP contribution is -2.28. The Morgan fingerprint density at radius 2 is 2.08 bits per heavy atom. The summed E-state index contributed by atoms with van der Waals surface area (Å²) in [6.07, 6.45) is -4.17. The van der Waals surface area contributed by atoms with Crippen LogP contribution >= 0.6 is 11.6 Å². The van der Waals surface area contributed by atoms with Crippen molar-refractivity contribution in [1.29, 1.82) is 0 Å². The summed E-state index contributed by atoms with van der Waals surface area (Å²) in [5.41, 5.74) is -1.82. The Bertz CT molecular complexity index is 790. The number of esters is 1. The number of rotatable bonds is 5. The first kappa shape index (κ1) is 18.8. The molecular weight excluding hydrogens is 363 g/mol. The van der Waals surface area contributed by atoms with Crippen LogP contribution in [0.2, 0.25) is 5.02 Å². The monoisotopic (exact) mass is 375 g/mol. The van der Waals surface area contributed by atoms with Crippen LogP contribution in [0.3, 0.4) is 0 Å². The molecule has 0 saturated heterocycles. The molecule has 0 aliphatic carbocycles. The van der Waals surface area contributed by atoms with Crippen LogP contribution in [0, 0.1) is 0 Å². The number of ether oxygens (including phenoxy) is 1. The average molecular weight is 376 g/mol. The first-order valence-corrected chi connectivity index (χ1v) is 7.38. The van der Waals surface area contributed by atoms with Crippen molar-refractivity contribution in [3.8, 4) is 5.69 Å². The van der Waals surface area contributed by atoms with E-state index in [1.807, 2.05) is 0 Å². The number of amides is 1. The van der Waals surface area contributed by atoms with Gasteiger partial charge in [-0.15, -0.1) is 0 Å². The topological polar surface area (TPSA) is 73.2 Å². The van der Waals surface area contributed by atoms with Gasteiger partial charge in [0.15, 0.2) is 5.69 Å². The minimum atomic E-state index is -4.83. The molecule has 1 aromatic carbocycles. The Kier molecular flexibility index (Phi) is 5.68. The van der Waals surface area contributed by atoms with E-state index in [9.17, 15) is 22.8 Å². The molecule has 0 atom stereocenters. The first-order valence-electron chi connectivity index (χ1n) is 7.00. The van der Waals surface area contributed by atoms with E-state index in [1.165, 1.54) is 31.4 Å². The molecule has 6 nitrogen and oxygen atoms in total. The summed E-state index contributed by atoms with van der Waals surface area (Å²) in [6, 6.07) is 5.65. The fraction of sp³-hybridized carbons (Fsp3) is 0.267. The Morgan fingerprint density at radius 3 is 2.68 bits per heavy atom. The molecule has 0 saturated carbocycles. The molecule has 0 aliphatic heterocycles. The van der Waals surface area contributed by atoms with Gasteiger partial charge in [-0.2, -0.15) is 18.3 Å². The maximum atomic E-state index is 13.4. The summed E-state index contributed by atoms with van der Waals surface area (Å²) in [4.78, 5) is 23.0. The van der Waals surface area contributed by atoms with Crippen LogP contribution in [-0.4, -0.2) is 35.3 Å². The van der Waals surface area contributed by atoms with E-state index in [2.05, 4.69) is 15.2 Å². The van der Waals surface area contributed by atoms with Gasteiger partial charge in [-0.3, -0.25) is 9.59 Å². The van der Waals surface area contributed by atoms with Gasteiger partial charge in [0.25, 0.3) is 5.91 Å². The molecule has 0 fully saturated rings. The van der Waals surface area contributed by atoms with Crippen LogP contribution in [-0.2, 0) is 15.7 Å². The third-order valence-electron chi connectivity index (χ3n) is 3.18. The predicted octanol–water partition coefficient (Wildman–Crippen LogP) is 2.84. The Hall–Kier alpha value is -2.55. The van der Waals surface area contributed by atoms with Crippen LogP contribution < -0.4 is 5.32 Å². The fourth-order valence-corrected chi connectivity index (χ4v) is 2.25.